The van der Waals surface area contributed by atoms with Crippen LogP contribution in [0.5, 0.6) is 0 Å². The molecule has 5 aromatic heterocycles. The molecule has 0 saturated heterocycles. The molecule has 13 N–H and O–H groups in total. The second-order valence-electron chi connectivity index (χ2n) is 15.2. The van der Waals surface area contributed by atoms with E-state index in [2.05, 4.69) is 50.8 Å². The van der Waals surface area contributed by atoms with Gasteiger partial charge < -0.3 is 80.8 Å². The van der Waals surface area contributed by atoms with Gasteiger partial charge in [-0.05, 0) is 0 Å². The normalized spacial score (nSPS) is 18.9. The molecule has 5 atom stereocenters. The molecule has 0 aliphatic carbocycles. The first-order chi connectivity index (χ1) is 34.3. The number of fused-ring (bicyclic) bond motifs is 2. The van der Waals surface area contributed by atoms with Crippen LogP contribution in [-0.4, -0.2) is 185 Å². The van der Waals surface area contributed by atoms with Gasteiger partial charge >= 0.3 is 7.82 Å². The Kier molecular flexibility index (Phi) is 18.5. The van der Waals surface area contributed by atoms with Crippen LogP contribution < -0.4 is 33.4 Å². The molecule has 7 heterocycles. The number of amides is 1. The maximum Gasteiger partial charge on any atom is 0.527 e. The maximum atomic E-state index is 13.5. The number of anilines is 2. The van der Waals surface area contributed by atoms with Crippen LogP contribution in [0.25, 0.3) is 22.3 Å². The highest BCUT2D eigenvalue weighted by Gasteiger charge is 2.44. The first kappa shape index (κ1) is 52.4. The number of phosphoric ester groups is 1. The van der Waals surface area contributed by atoms with Gasteiger partial charge in [0.05, 0.1) is 72.3 Å². The molecule has 7 rings (SSSR count). The van der Waals surface area contributed by atoms with Gasteiger partial charge in [-0.1, -0.05) is 5.21 Å². The third kappa shape index (κ3) is 13.9. The number of imidazole rings is 2. The van der Waals surface area contributed by atoms with E-state index < -0.39 is 61.9 Å². The van der Waals surface area contributed by atoms with Crippen molar-refractivity contribution in [3.63, 3.8) is 0 Å². The Hall–Kier alpha value is -6.42. The molecule has 388 valence electrons. The minimum Gasteiger partial charge on any atom is -0.506 e. The quantitative estimate of drug-likeness (QED) is 0.0156. The molecule has 32 nitrogen and oxygen atoms in total. The lowest BCUT2D eigenvalue weighted by Crippen LogP contribution is -2.34. The predicted octanol–water partition coefficient (Wildman–Crippen LogP) is -3.05. The van der Waals surface area contributed by atoms with Gasteiger partial charge in [0, 0.05) is 32.6 Å². The average Bonchev–Trinajstić information content (AvgIpc) is 4.18. The van der Waals surface area contributed by atoms with Crippen LogP contribution in [-0.2, 0) is 64.7 Å². The predicted molar refractivity (Wildman–Crippen MR) is 241 cm³/mol. The second kappa shape index (κ2) is 25.1. The Balaban J connectivity index is 0.848. The summed E-state index contributed by atoms with van der Waals surface area (Å²) in [5.41, 5.74) is 16.9. The van der Waals surface area contributed by atoms with Gasteiger partial charge in [0.25, 0.3) is 5.56 Å². The molecule has 71 heavy (non-hydrogen) atoms. The molecule has 0 saturated carbocycles. The smallest absolute Gasteiger partial charge is 0.506 e. The number of nitrogen functional groups attached to an aromatic ring is 2. The van der Waals surface area contributed by atoms with E-state index in [4.69, 9.17) is 59.4 Å². The summed E-state index contributed by atoms with van der Waals surface area (Å²) in [6, 6.07) is 0. The minimum absolute atomic E-state index is 0.0397. The number of carbonyl (C=O) groups excluding carboxylic acids is 1. The van der Waals surface area contributed by atoms with Gasteiger partial charge in [0.2, 0.25) is 24.3 Å². The number of aromatic nitrogens is 11. The molecule has 0 spiro atoms. The van der Waals surface area contributed by atoms with Crippen LogP contribution in [0.4, 0.5) is 11.8 Å². The van der Waals surface area contributed by atoms with Crippen LogP contribution in [0.1, 0.15) is 24.6 Å². The number of phosphoric acid groups is 1. The van der Waals surface area contributed by atoms with Crippen LogP contribution >= 0.6 is 7.82 Å². The lowest BCUT2D eigenvalue weighted by Gasteiger charge is -2.19. The summed E-state index contributed by atoms with van der Waals surface area (Å²) in [6.45, 7) is 4.16. The van der Waals surface area contributed by atoms with Gasteiger partial charge in [-0.3, -0.25) is 33.1 Å². The van der Waals surface area contributed by atoms with Crippen LogP contribution in [0.15, 0.2) is 53.0 Å². The molecule has 5 aromatic rings. The highest BCUT2D eigenvalue weighted by Crippen LogP contribution is 2.51. The van der Waals surface area contributed by atoms with Gasteiger partial charge in [0.15, 0.2) is 57.9 Å². The van der Waals surface area contributed by atoms with Crippen molar-refractivity contribution in [3.8, 4) is 0 Å². The zero-order valence-electron chi connectivity index (χ0n) is 38.0. The van der Waals surface area contributed by atoms with E-state index in [1.165, 1.54) is 28.1 Å². The third-order valence-electron chi connectivity index (χ3n) is 10.2. The largest absolute Gasteiger partial charge is 0.527 e. The summed E-state index contributed by atoms with van der Waals surface area (Å²) in [5.74, 6) is -2.27. The Bertz CT molecular complexity index is 2730. The fraction of sp³-hybridized carbons (Fsp3) is 0.553. The van der Waals surface area contributed by atoms with Gasteiger partial charge in [-0.25, -0.2) is 29.2 Å². The SMILES string of the molecule is NCCNCCNC(=O)CCOCCOCCOCCOCCOCc1cn(CC2=C(OP(=O)(O)OCC3=C(O)C(O)[C@H](n4cnc5c(=O)[nH]c(N)nc54)O3)C(O)[C@H](n3cnc4c(N)ncnc43)O2)nn1. The number of nitrogens with one attached hydrogen (secondary N) is 3. The van der Waals surface area contributed by atoms with Crippen molar-refractivity contribution < 1.29 is 71.8 Å². The topological polar surface area (TPSA) is 438 Å². The monoisotopic (exact) mass is 1020 g/mol. The van der Waals surface area contributed by atoms with E-state index in [1.54, 1.807) is 0 Å². The number of nitrogens with zero attached hydrogens (tertiary/aromatic N) is 10. The lowest BCUT2D eigenvalue weighted by atomic mass is 10.2. The molecule has 1 amide bonds. The zero-order chi connectivity index (χ0) is 50.3. The van der Waals surface area contributed by atoms with Crippen molar-refractivity contribution in [2.24, 2.45) is 5.73 Å². The summed E-state index contributed by atoms with van der Waals surface area (Å²) in [7, 11) is -5.23. The molecular weight excluding hydrogens is 967 g/mol. The zero-order valence-corrected chi connectivity index (χ0v) is 38.9. The Morgan fingerprint density at radius 3 is 2.18 bits per heavy atom. The highest BCUT2D eigenvalue weighted by atomic mass is 31.2. The van der Waals surface area contributed by atoms with Crippen molar-refractivity contribution in [2.45, 2.75) is 44.2 Å². The molecule has 3 unspecified atom stereocenters. The summed E-state index contributed by atoms with van der Waals surface area (Å²) in [5, 5.41) is 47.1. The molecule has 0 fully saturated rings. The number of H-pyrrole nitrogens is 1. The van der Waals surface area contributed by atoms with E-state index >= 15 is 0 Å². The Morgan fingerprint density at radius 1 is 0.817 bits per heavy atom. The summed E-state index contributed by atoms with van der Waals surface area (Å²) < 4.78 is 67.2. The van der Waals surface area contributed by atoms with E-state index in [9.17, 15) is 34.4 Å². The van der Waals surface area contributed by atoms with E-state index in [0.29, 0.717) is 78.1 Å². The van der Waals surface area contributed by atoms with Crippen LogP contribution in [0.3, 0.4) is 0 Å². The Labute approximate surface area is 401 Å². The first-order valence-corrected chi connectivity index (χ1v) is 23.4. The number of allylic oxidation sites excluding steroid dienone is 1. The molecule has 2 aliphatic heterocycles. The fourth-order valence-corrected chi connectivity index (χ4v) is 7.60. The number of rotatable bonds is 31. The number of nitrogens with two attached hydrogens (primary N) is 3. The average molecular weight is 1020 g/mol. The molecule has 0 bridgehead atoms. The number of carbonyl (C=O) groups is 1. The van der Waals surface area contributed by atoms with Gasteiger partial charge in [-0.15, -0.1) is 5.10 Å². The van der Waals surface area contributed by atoms with Crippen molar-refractivity contribution >= 4 is 47.8 Å². The summed E-state index contributed by atoms with van der Waals surface area (Å²) in [6.07, 6.45) is -1.01. The number of aliphatic hydroxyl groups excluding tert-OH is 3. The molecule has 0 radical (unpaired) electrons. The van der Waals surface area contributed by atoms with Crippen LogP contribution in [0.2, 0.25) is 0 Å². The van der Waals surface area contributed by atoms with Crippen molar-refractivity contribution in [2.75, 3.05) is 104 Å². The number of hydrogen-bond donors (Lipinski definition) is 10. The second-order valence-corrected chi connectivity index (χ2v) is 16.6. The van der Waals surface area contributed by atoms with Crippen molar-refractivity contribution in [1.82, 2.24) is 64.7 Å². The molecule has 2 aliphatic rings. The van der Waals surface area contributed by atoms with Crippen molar-refractivity contribution in [1.29, 1.82) is 0 Å². The van der Waals surface area contributed by atoms with Gasteiger partial charge in [-0.2, -0.15) is 4.98 Å². The summed E-state index contributed by atoms with van der Waals surface area (Å²) in [4.78, 5) is 57.5. The van der Waals surface area contributed by atoms with Crippen LogP contribution in [0, 0.1) is 0 Å². The summed E-state index contributed by atoms with van der Waals surface area (Å²) >= 11 is 0. The van der Waals surface area contributed by atoms with Crippen molar-refractivity contribution in [3.05, 3.63) is 64.3 Å². The number of aliphatic hydroxyl groups is 3. The number of aromatic amines is 1. The lowest BCUT2D eigenvalue weighted by molar-refractivity contribution is -0.122. The number of ether oxygens (including phenoxy) is 7. The Morgan fingerprint density at radius 2 is 1.46 bits per heavy atom. The van der Waals surface area contributed by atoms with E-state index in [1.807, 2.05) is 0 Å². The molecular formula is C38H55N16O16P. The molecule has 0 aromatic carbocycles. The van der Waals surface area contributed by atoms with E-state index in [0.717, 1.165) is 10.9 Å². The standard InChI is InChI=1S/C38H55N16O16P/c39-2-3-42-4-5-43-25(55)1-6-62-7-8-63-9-10-64-11-12-65-13-14-66-17-22-15-52(51-50-22)16-23-31(30(58)37(68-23)53-20-46-26-32(40)44-19-45-33(26)53)70-71(60,61)67-18-24-28(56)29(57)36(69-24)54-21-47-27-34(54)48-38(41)49-35(27)59/h15,19-21,29-30,36-37,42,56-58H,1-14,16-18,39H2,(H,43,55)(H,60,61)(H2,40,44,45)(H3,41,48,49,59)/t29?,30?,36-,37-/m1/s1. The molecule has 33 heteroatoms. The number of hydrogen-bond acceptors (Lipinski definition) is 26. The first-order valence-electron chi connectivity index (χ1n) is 22.0. The highest BCUT2D eigenvalue weighted by molar-refractivity contribution is 7.47. The minimum atomic E-state index is -5.23. The van der Waals surface area contributed by atoms with E-state index in [-0.39, 0.29) is 78.5 Å². The van der Waals surface area contributed by atoms with Gasteiger partial charge in [0.1, 0.15) is 43.3 Å². The fourth-order valence-electron chi connectivity index (χ4n) is 6.81. The third-order valence-corrected chi connectivity index (χ3v) is 11.1. The maximum absolute atomic E-state index is 13.5.